The molecule has 2 aromatic carbocycles. The first kappa shape index (κ1) is 14.7. The third-order valence-corrected chi connectivity index (χ3v) is 3.70. The molecule has 0 aromatic heterocycles. The Labute approximate surface area is 134 Å². The van der Waals surface area contributed by atoms with Crippen LogP contribution in [0.5, 0.6) is 11.5 Å². The molecular weight excluding hydrogens is 302 g/mol. The molecule has 1 atom stereocenters. The van der Waals surface area contributed by atoms with E-state index in [4.69, 9.17) is 21.1 Å². The van der Waals surface area contributed by atoms with E-state index in [1.54, 1.807) is 18.0 Å². The molecule has 0 unspecified atom stereocenters. The summed E-state index contributed by atoms with van der Waals surface area (Å²) >= 11 is 5.96. The number of fused-ring (bicyclic) bond motifs is 1. The lowest BCUT2D eigenvalue weighted by Crippen LogP contribution is -2.44. The number of hydrogen-bond donors (Lipinski definition) is 0. The van der Waals surface area contributed by atoms with Gasteiger partial charge in [-0.25, -0.2) is 0 Å². The largest absolute Gasteiger partial charge is 0.485 e. The molecule has 0 N–H and O–H groups in total. The summed E-state index contributed by atoms with van der Waals surface area (Å²) in [5.41, 5.74) is 0.973. The minimum absolute atomic E-state index is 0.116. The van der Waals surface area contributed by atoms with E-state index in [0.717, 1.165) is 5.56 Å². The molecule has 1 amide bonds. The summed E-state index contributed by atoms with van der Waals surface area (Å²) in [5.74, 6) is 1.15. The maximum Gasteiger partial charge on any atom is 0.267 e. The van der Waals surface area contributed by atoms with E-state index in [2.05, 4.69) is 0 Å². The van der Waals surface area contributed by atoms with Crippen LogP contribution in [0.15, 0.2) is 48.5 Å². The van der Waals surface area contributed by atoms with Gasteiger partial charge in [0.15, 0.2) is 11.5 Å². The maximum atomic E-state index is 12.5. The lowest BCUT2D eigenvalue weighted by Gasteiger charge is -2.28. The highest BCUT2D eigenvalue weighted by Gasteiger charge is 2.29. The van der Waals surface area contributed by atoms with Crippen LogP contribution in [0.25, 0.3) is 0 Å². The van der Waals surface area contributed by atoms with Gasteiger partial charge in [0.25, 0.3) is 5.91 Å². The molecule has 4 nitrogen and oxygen atoms in total. The fourth-order valence-electron chi connectivity index (χ4n) is 2.37. The van der Waals surface area contributed by atoms with Crippen molar-refractivity contribution in [2.24, 2.45) is 0 Å². The van der Waals surface area contributed by atoms with Crippen LogP contribution in [0.3, 0.4) is 0 Å². The molecule has 0 saturated heterocycles. The Bertz CT molecular complexity index is 689. The summed E-state index contributed by atoms with van der Waals surface area (Å²) < 4.78 is 11.3. The van der Waals surface area contributed by atoms with Crippen molar-refractivity contribution < 1.29 is 14.3 Å². The van der Waals surface area contributed by atoms with Crippen LogP contribution in [0, 0.1) is 0 Å². The van der Waals surface area contributed by atoms with Crippen molar-refractivity contribution in [3.8, 4) is 11.5 Å². The third kappa shape index (κ3) is 3.17. The number of para-hydroxylation sites is 2. The number of rotatable bonds is 3. The van der Waals surface area contributed by atoms with Gasteiger partial charge >= 0.3 is 0 Å². The fraction of sp³-hybridized carbons (Fsp3) is 0.235. The normalized spacial score (nSPS) is 16.2. The minimum Gasteiger partial charge on any atom is -0.485 e. The van der Waals surface area contributed by atoms with Crippen molar-refractivity contribution >= 4 is 17.5 Å². The number of likely N-dealkylation sites (N-methyl/N-ethyl adjacent to an activating group) is 1. The Hall–Kier alpha value is -2.20. The monoisotopic (exact) mass is 317 g/mol. The van der Waals surface area contributed by atoms with Crippen LogP contribution in [0.2, 0.25) is 5.02 Å². The number of carbonyl (C=O) groups is 1. The molecule has 0 aliphatic carbocycles. The standard InChI is InChI=1S/C17H16ClNO3/c1-19(10-12-5-4-6-13(18)9-12)17(20)16-11-21-14-7-2-3-8-15(14)22-16/h2-9,16H,10-11H2,1H3/t16-/m0/s1. The molecule has 3 rings (SSSR count). The van der Waals surface area contributed by atoms with Gasteiger partial charge in [-0.1, -0.05) is 35.9 Å². The highest BCUT2D eigenvalue weighted by atomic mass is 35.5. The Kier molecular flexibility index (Phi) is 4.20. The van der Waals surface area contributed by atoms with E-state index in [0.29, 0.717) is 23.1 Å². The molecule has 0 fully saturated rings. The van der Waals surface area contributed by atoms with Crippen molar-refractivity contribution in [1.29, 1.82) is 0 Å². The van der Waals surface area contributed by atoms with E-state index in [1.165, 1.54) is 0 Å². The zero-order chi connectivity index (χ0) is 15.5. The molecule has 114 valence electrons. The summed E-state index contributed by atoms with van der Waals surface area (Å²) in [4.78, 5) is 14.1. The van der Waals surface area contributed by atoms with Crippen LogP contribution >= 0.6 is 11.6 Å². The second-order valence-corrected chi connectivity index (χ2v) is 5.62. The predicted octanol–water partition coefficient (Wildman–Crippen LogP) is 3.14. The number of ether oxygens (including phenoxy) is 2. The van der Waals surface area contributed by atoms with Gasteiger partial charge in [0.1, 0.15) is 6.61 Å². The zero-order valence-corrected chi connectivity index (χ0v) is 12.9. The van der Waals surface area contributed by atoms with Crippen LogP contribution < -0.4 is 9.47 Å². The highest BCUT2D eigenvalue weighted by Crippen LogP contribution is 2.31. The van der Waals surface area contributed by atoms with Crippen LogP contribution in [-0.2, 0) is 11.3 Å². The van der Waals surface area contributed by atoms with Gasteiger partial charge in [0.05, 0.1) is 0 Å². The highest BCUT2D eigenvalue weighted by molar-refractivity contribution is 6.30. The first-order chi connectivity index (χ1) is 10.6. The van der Waals surface area contributed by atoms with Crippen molar-refractivity contribution in [3.05, 3.63) is 59.1 Å². The van der Waals surface area contributed by atoms with E-state index >= 15 is 0 Å². The average molecular weight is 318 g/mol. The number of benzene rings is 2. The summed E-state index contributed by atoms with van der Waals surface area (Å²) in [5, 5.41) is 0.657. The van der Waals surface area contributed by atoms with E-state index in [9.17, 15) is 4.79 Å². The van der Waals surface area contributed by atoms with E-state index in [-0.39, 0.29) is 12.5 Å². The molecular formula is C17H16ClNO3. The van der Waals surface area contributed by atoms with E-state index in [1.807, 2.05) is 42.5 Å². The van der Waals surface area contributed by atoms with Gasteiger partial charge in [-0.3, -0.25) is 4.79 Å². The number of hydrogen-bond acceptors (Lipinski definition) is 3. The van der Waals surface area contributed by atoms with Crippen molar-refractivity contribution in [2.75, 3.05) is 13.7 Å². The van der Waals surface area contributed by atoms with Gasteiger partial charge in [0, 0.05) is 18.6 Å². The molecule has 2 aromatic rings. The smallest absolute Gasteiger partial charge is 0.267 e. The maximum absolute atomic E-state index is 12.5. The summed E-state index contributed by atoms with van der Waals surface area (Å²) in [6.07, 6.45) is -0.626. The quantitative estimate of drug-likeness (QED) is 0.873. The van der Waals surface area contributed by atoms with Crippen molar-refractivity contribution in [1.82, 2.24) is 4.90 Å². The van der Waals surface area contributed by atoms with Gasteiger partial charge in [-0.15, -0.1) is 0 Å². The first-order valence-electron chi connectivity index (χ1n) is 7.01. The first-order valence-corrected chi connectivity index (χ1v) is 7.39. The molecule has 22 heavy (non-hydrogen) atoms. The van der Waals surface area contributed by atoms with Crippen LogP contribution in [-0.4, -0.2) is 30.6 Å². The Morgan fingerprint density at radius 3 is 2.77 bits per heavy atom. The molecule has 0 radical (unpaired) electrons. The zero-order valence-electron chi connectivity index (χ0n) is 12.2. The van der Waals surface area contributed by atoms with Gasteiger partial charge < -0.3 is 14.4 Å². The molecule has 1 aliphatic heterocycles. The number of carbonyl (C=O) groups excluding carboxylic acids is 1. The molecule has 1 aliphatic rings. The SMILES string of the molecule is CN(Cc1cccc(Cl)c1)C(=O)[C@@H]1COc2ccccc2O1. The number of halogens is 1. The lowest BCUT2D eigenvalue weighted by molar-refractivity contribution is -0.140. The van der Waals surface area contributed by atoms with E-state index < -0.39 is 6.10 Å². The molecule has 0 saturated carbocycles. The van der Waals surface area contributed by atoms with Gasteiger partial charge in [0.2, 0.25) is 6.10 Å². The molecule has 5 heteroatoms. The number of amides is 1. The summed E-state index contributed by atoms with van der Waals surface area (Å²) in [6.45, 7) is 0.691. The average Bonchev–Trinajstić information content (AvgIpc) is 2.53. The third-order valence-electron chi connectivity index (χ3n) is 3.47. The molecule has 0 spiro atoms. The Balaban J connectivity index is 1.67. The molecule has 1 heterocycles. The van der Waals surface area contributed by atoms with Gasteiger partial charge in [-0.2, -0.15) is 0 Å². The van der Waals surface area contributed by atoms with Gasteiger partial charge in [-0.05, 0) is 29.8 Å². The minimum atomic E-state index is -0.626. The Morgan fingerprint density at radius 1 is 1.23 bits per heavy atom. The lowest BCUT2D eigenvalue weighted by atomic mass is 10.2. The second-order valence-electron chi connectivity index (χ2n) is 5.19. The van der Waals surface area contributed by atoms with Crippen molar-refractivity contribution in [2.45, 2.75) is 12.6 Å². The topological polar surface area (TPSA) is 38.8 Å². The van der Waals surface area contributed by atoms with Crippen LogP contribution in [0.1, 0.15) is 5.56 Å². The summed E-state index contributed by atoms with van der Waals surface area (Å²) in [7, 11) is 1.74. The summed E-state index contributed by atoms with van der Waals surface area (Å²) in [6, 6.07) is 14.8. The number of nitrogens with zero attached hydrogens (tertiary/aromatic N) is 1. The fourth-order valence-corrected chi connectivity index (χ4v) is 2.59. The van der Waals surface area contributed by atoms with Crippen molar-refractivity contribution in [3.63, 3.8) is 0 Å². The predicted molar refractivity (Wildman–Crippen MR) is 84.3 cm³/mol. The Morgan fingerprint density at radius 2 is 2.00 bits per heavy atom. The van der Waals surface area contributed by atoms with Crippen LogP contribution in [0.4, 0.5) is 0 Å². The molecule has 0 bridgehead atoms. The second kappa shape index (κ2) is 6.28.